The van der Waals surface area contributed by atoms with Crippen molar-refractivity contribution in [1.82, 2.24) is 0 Å². The fourth-order valence-corrected chi connectivity index (χ4v) is 2.72. The predicted octanol–water partition coefficient (Wildman–Crippen LogP) is -2.37. The van der Waals surface area contributed by atoms with E-state index in [-0.39, 0.29) is 68.0 Å². The molecule has 0 radical (unpaired) electrons. The molecule has 0 saturated heterocycles. The Labute approximate surface area is 143 Å². The Morgan fingerprint density at radius 3 is 0.680 bits per heavy atom. The van der Waals surface area contributed by atoms with Crippen molar-refractivity contribution in [2.75, 3.05) is 57.3 Å². The number of hydrogen-bond donors (Lipinski definition) is 12. The molecular formula is C13H24N12. The van der Waals surface area contributed by atoms with Gasteiger partial charge >= 0.3 is 0 Å². The summed E-state index contributed by atoms with van der Waals surface area (Å²) < 4.78 is 0. The first-order valence-corrected chi connectivity index (χ1v) is 6.96. The second kappa shape index (κ2) is 5.19. The lowest BCUT2D eigenvalue weighted by Crippen LogP contribution is -2.49. The SMILES string of the molecule is Nc1c(N)c(N)c(C(N)(N)c2c(N)c(N)c(N)c(N)c2N)c(N)c1N. The van der Waals surface area contributed by atoms with Crippen LogP contribution in [0.25, 0.3) is 0 Å². The van der Waals surface area contributed by atoms with Gasteiger partial charge in [-0.1, -0.05) is 0 Å². The third-order valence-electron chi connectivity index (χ3n) is 4.23. The van der Waals surface area contributed by atoms with Gasteiger partial charge in [-0.05, 0) is 0 Å². The van der Waals surface area contributed by atoms with Crippen molar-refractivity contribution in [2.45, 2.75) is 5.66 Å². The van der Waals surface area contributed by atoms with Gasteiger partial charge in [0.15, 0.2) is 0 Å². The van der Waals surface area contributed by atoms with E-state index in [1.165, 1.54) is 0 Å². The lowest BCUT2D eigenvalue weighted by atomic mass is 9.85. The second-order valence-electron chi connectivity index (χ2n) is 5.76. The lowest BCUT2D eigenvalue weighted by molar-refractivity contribution is 0.577. The third-order valence-corrected chi connectivity index (χ3v) is 4.23. The number of hydrogen-bond acceptors (Lipinski definition) is 12. The van der Waals surface area contributed by atoms with Gasteiger partial charge in [0.2, 0.25) is 0 Å². The van der Waals surface area contributed by atoms with E-state index in [4.69, 9.17) is 68.8 Å². The highest BCUT2D eigenvalue weighted by Gasteiger charge is 2.37. The van der Waals surface area contributed by atoms with Gasteiger partial charge in [-0.3, -0.25) is 0 Å². The minimum atomic E-state index is -1.94. The topological polar surface area (TPSA) is 312 Å². The van der Waals surface area contributed by atoms with Crippen molar-refractivity contribution in [3.63, 3.8) is 0 Å². The van der Waals surface area contributed by atoms with Gasteiger partial charge in [0.1, 0.15) is 5.66 Å². The Bertz CT molecular complexity index is 756. The summed E-state index contributed by atoms with van der Waals surface area (Å²) in [5.74, 6) is 0. The monoisotopic (exact) mass is 348 g/mol. The molecule has 0 aliphatic heterocycles. The zero-order valence-electron chi connectivity index (χ0n) is 13.4. The second-order valence-corrected chi connectivity index (χ2v) is 5.76. The van der Waals surface area contributed by atoms with Crippen LogP contribution in [0.2, 0.25) is 0 Å². The summed E-state index contributed by atoms with van der Waals surface area (Å²) in [5, 5.41) is 0. The van der Waals surface area contributed by atoms with E-state index in [1.807, 2.05) is 0 Å². The van der Waals surface area contributed by atoms with Crippen LogP contribution < -0.4 is 68.8 Å². The van der Waals surface area contributed by atoms with Crippen molar-refractivity contribution in [3.8, 4) is 0 Å². The van der Waals surface area contributed by atoms with Gasteiger partial charge in [0, 0.05) is 11.1 Å². The molecule has 0 unspecified atom stereocenters. The smallest absolute Gasteiger partial charge is 0.125 e. The van der Waals surface area contributed by atoms with Crippen LogP contribution in [0.3, 0.4) is 0 Å². The summed E-state index contributed by atoms with van der Waals surface area (Å²) in [4.78, 5) is 0. The summed E-state index contributed by atoms with van der Waals surface area (Å²) in [6.45, 7) is 0. The zero-order chi connectivity index (χ0) is 19.4. The van der Waals surface area contributed by atoms with Crippen molar-refractivity contribution in [3.05, 3.63) is 11.1 Å². The fraction of sp³-hybridized carbons (Fsp3) is 0.0769. The molecule has 2 aromatic rings. The van der Waals surface area contributed by atoms with Crippen LogP contribution in [0.15, 0.2) is 0 Å². The number of nitrogens with two attached hydrogens (primary N) is 12. The van der Waals surface area contributed by atoms with Crippen molar-refractivity contribution >= 4 is 56.9 Å². The Balaban J connectivity index is 2.96. The number of nitrogen functional groups attached to an aromatic ring is 10. The molecule has 12 nitrogen and oxygen atoms in total. The summed E-state index contributed by atoms with van der Waals surface area (Å²) in [7, 11) is 0. The Hall–Kier alpha value is -3.64. The standard InChI is InChI=1S/C13H24N12/c14-3-1(4(15)8(19)11(22)7(3)18)13(24,25)2-5(16)9(20)12(23)10(21)6(2)17/h14-25H2. The molecule has 24 N–H and O–H groups in total. The summed E-state index contributed by atoms with van der Waals surface area (Å²) in [6, 6.07) is 0. The molecule has 12 heteroatoms. The van der Waals surface area contributed by atoms with E-state index in [1.54, 1.807) is 0 Å². The molecule has 0 aliphatic rings. The van der Waals surface area contributed by atoms with Crippen molar-refractivity contribution in [1.29, 1.82) is 0 Å². The molecule has 2 rings (SSSR count). The zero-order valence-corrected chi connectivity index (χ0v) is 13.4. The minimum Gasteiger partial charge on any atom is -0.397 e. The van der Waals surface area contributed by atoms with Crippen molar-refractivity contribution < 1.29 is 0 Å². The molecule has 0 atom stereocenters. The number of anilines is 10. The molecule has 25 heavy (non-hydrogen) atoms. The fourth-order valence-electron chi connectivity index (χ4n) is 2.72. The summed E-state index contributed by atoms with van der Waals surface area (Å²) >= 11 is 0. The first kappa shape index (κ1) is 17.7. The third kappa shape index (κ3) is 2.16. The molecule has 136 valence electrons. The molecular weight excluding hydrogens is 324 g/mol. The van der Waals surface area contributed by atoms with E-state index in [9.17, 15) is 0 Å². The van der Waals surface area contributed by atoms with Crippen LogP contribution in [-0.4, -0.2) is 0 Å². The van der Waals surface area contributed by atoms with E-state index in [0.29, 0.717) is 0 Å². The van der Waals surface area contributed by atoms with Gasteiger partial charge in [0.25, 0.3) is 0 Å². The van der Waals surface area contributed by atoms with Crippen LogP contribution in [0, 0.1) is 0 Å². The average molecular weight is 348 g/mol. The van der Waals surface area contributed by atoms with Gasteiger partial charge in [-0.2, -0.15) is 0 Å². The first-order chi connectivity index (χ1) is 11.4. The van der Waals surface area contributed by atoms with Gasteiger partial charge < -0.3 is 68.8 Å². The predicted molar refractivity (Wildman–Crippen MR) is 106 cm³/mol. The van der Waals surface area contributed by atoms with Gasteiger partial charge in [-0.25, -0.2) is 0 Å². The average Bonchev–Trinajstić information content (AvgIpc) is 2.54. The molecule has 0 amide bonds. The van der Waals surface area contributed by atoms with E-state index in [2.05, 4.69) is 0 Å². The molecule has 0 aliphatic carbocycles. The Morgan fingerprint density at radius 1 is 0.320 bits per heavy atom. The van der Waals surface area contributed by atoms with E-state index < -0.39 is 5.66 Å². The van der Waals surface area contributed by atoms with E-state index in [0.717, 1.165) is 0 Å². The van der Waals surface area contributed by atoms with Crippen LogP contribution in [0.1, 0.15) is 11.1 Å². The van der Waals surface area contributed by atoms with Crippen LogP contribution >= 0.6 is 0 Å². The summed E-state index contributed by atoms with van der Waals surface area (Å²) in [6.07, 6.45) is 0. The maximum absolute atomic E-state index is 6.29. The lowest BCUT2D eigenvalue weighted by Gasteiger charge is -2.33. The molecule has 0 bridgehead atoms. The highest BCUT2D eigenvalue weighted by atomic mass is 15.0. The van der Waals surface area contributed by atoms with Crippen molar-refractivity contribution in [2.24, 2.45) is 11.5 Å². The van der Waals surface area contributed by atoms with Crippen LogP contribution in [-0.2, 0) is 5.66 Å². The van der Waals surface area contributed by atoms with Gasteiger partial charge in [-0.15, -0.1) is 0 Å². The maximum atomic E-state index is 6.29. The molecule has 0 fully saturated rings. The normalized spacial score (nSPS) is 11.6. The molecule has 0 aromatic heterocycles. The quantitative estimate of drug-likeness (QED) is 0.200. The molecule has 0 saturated carbocycles. The largest absolute Gasteiger partial charge is 0.397 e. The first-order valence-electron chi connectivity index (χ1n) is 6.96. The highest BCUT2D eigenvalue weighted by Crippen LogP contribution is 2.48. The summed E-state index contributed by atoms with van der Waals surface area (Å²) in [5.41, 5.74) is 69.2. The molecule has 2 aromatic carbocycles. The molecule has 0 heterocycles. The maximum Gasteiger partial charge on any atom is 0.125 e. The number of benzene rings is 2. The highest BCUT2D eigenvalue weighted by molar-refractivity contribution is 6.01. The minimum absolute atomic E-state index is 0.00632. The van der Waals surface area contributed by atoms with Gasteiger partial charge in [0.05, 0.1) is 56.9 Å². The number of rotatable bonds is 2. The molecule has 0 spiro atoms. The Kier molecular flexibility index (Phi) is 3.67. The van der Waals surface area contributed by atoms with Crippen LogP contribution in [0.4, 0.5) is 56.9 Å². The van der Waals surface area contributed by atoms with E-state index >= 15 is 0 Å². The van der Waals surface area contributed by atoms with Crippen LogP contribution in [0.5, 0.6) is 0 Å². The Morgan fingerprint density at radius 2 is 0.480 bits per heavy atom.